The van der Waals surface area contributed by atoms with Crippen LogP contribution < -0.4 is 5.69 Å². The van der Waals surface area contributed by atoms with E-state index in [1.807, 2.05) is 6.92 Å². The van der Waals surface area contributed by atoms with Gasteiger partial charge in [0.05, 0.1) is 6.54 Å². The first-order valence-corrected chi connectivity index (χ1v) is 4.23. The molecule has 0 radical (unpaired) electrons. The number of hydrogen-bond donors (Lipinski definition) is 1. The lowest BCUT2D eigenvalue weighted by Gasteiger charge is -2.00. The van der Waals surface area contributed by atoms with E-state index in [0.717, 1.165) is 0 Å². The van der Waals surface area contributed by atoms with E-state index in [1.165, 1.54) is 9.13 Å². The van der Waals surface area contributed by atoms with Crippen molar-refractivity contribution in [2.24, 2.45) is 0 Å². The fourth-order valence-electron chi connectivity index (χ4n) is 1.09. The Kier molecular flexibility index (Phi) is 2.91. The van der Waals surface area contributed by atoms with Gasteiger partial charge >= 0.3 is 11.7 Å². The lowest BCUT2D eigenvalue weighted by Crippen LogP contribution is -2.25. The summed E-state index contributed by atoms with van der Waals surface area (Å²) in [5.74, 6) is -1.08. The Morgan fingerprint density at radius 2 is 2.07 bits per heavy atom. The second kappa shape index (κ2) is 3.95. The van der Waals surface area contributed by atoms with Crippen molar-refractivity contribution in [3.63, 3.8) is 0 Å². The topological polar surface area (TPSA) is 64.2 Å². The quantitative estimate of drug-likeness (QED) is 0.705. The zero-order chi connectivity index (χ0) is 10.7. The van der Waals surface area contributed by atoms with Crippen LogP contribution in [0.4, 0.5) is 0 Å². The molecule has 1 aromatic heterocycles. The van der Waals surface area contributed by atoms with Crippen molar-refractivity contribution in [2.45, 2.75) is 20.0 Å². The minimum atomic E-state index is -1.08. The second-order valence-electron chi connectivity index (χ2n) is 2.90. The Balaban J connectivity index is 2.88. The highest BCUT2D eigenvalue weighted by atomic mass is 16.4. The van der Waals surface area contributed by atoms with Crippen LogP contribution in [0.25, 0.3) is 0 Å². The predicted octanol–water partition coefficient (Wildman–Crippen LogP) is 0.310. The van der Waals surface area contributed by atoms with Gasteiger partial charge in [0.1, 0.15) is 0 Å². The molecule has 14 heavy (non-hydrogen) atoms. The normalized spacial score (nSPS) is 10.1. The molecule has 1 N–H and O–H groups in total. The molecule has 0 amide bonds. The minimum absolute atomic E-state index is 0.000882. The Morgan fingerprint density at radius 1 is 1.50 bits per heavy atom. The van der Waals surface area contributed by atoms with Crippen molar-refractivity contribution in [1.82, 2.24) is 9.13 Å². The molecule has 0 saturated carbocycles. The zero-order valence-corrected chi connectivity index (χ0v) is 7.93. The fourth-order valence-corrected chi connectivity index (χ4v) is 1.09. The third-order valence-corrected chi connectivity index (χ3v) is 1.92. The van der Waals surface area contributed by atoms with Crippen molar-refractivity contribution in [3.05, 3.63) is 35.0 Å². The third kappa shape index (κ3) is 1.93. The van der Waals surface area contributed by atoms with E-state index in [4.69, 9.17) is 5.11 Å². The third-order valence-electron chi connectivity index (χ3n) is 1.92. The van der Waals surface area contributed by atoms with Crippen molar-refractivity contribution < 1.29 is 9.90 Å². The largest absolute Gasteiger partial charge is 0.478 e. The number of aliphatic carboxylic acids is 1. The maximum absolute atomic E-state index is 11.4. The summed E-state index contributed by atoms with van der Waals surface area (Å²) in [5.41, 5.74) is -0.212. The van der Waals surface area contributed by atoms with Gasteiger partial charge in [-0.15, -0.1) is 0 Å². The van der Waals surface area contributed by atoms with Crippen LogP contribution >= 0.6 is 0 Å². The van der Waals surface area contributed by atoms with Gasteiger partial charge in [-0.25, -0.2) is 9.59 Å². The van der Waals surface area contributed by atoms with E-state index in [0.29, 0.717) is 6.54 Å². The monoisotopic (exact) mass is 196 g/mol. The van der Waals surface area contributed by atoms with E-state index < -0.39 is 5.97 Å². The van der Waals surface area contributed by atoms with Crippen LogP contribution in [-0.4, -0.2) is 20.2 Å². The summed E-state index contributed by atoms with van der Waals surface area (Å²) in [6.07, 6.45) is 3.18. The number of hydrogen-bond acceptors (Lipinski definition) is 2. The summed E-state index contributed by atoms with van der Waals surface area (Å²) >= 11 is 0. The number of carboxylic acid groups (broad SMARTS) is 1. The Hall–Kier alpha value is -1.78. The highest BCUT2D eigenvalue weighted by Gasteiger charge is 2.07. The molecule has 0 aliphatic rings. The molecule has 0 spiro atoms. The van der Waals surface area contributed by atoms with Crippen molar-refractivity contribution in [3.8, 4) is 0 Å². The summed E-state index contributed by atoms with van der Waals surface area (Å²) in [7, 11) is 0. The lowest BCUT2D eigenvalue weighted by molar-refractivity contribution is -0.132. The van der Waals surface area contributed by atoms with Crippen LogP contribution in [0.15, 0.2) is 29.3 Å². The minimum Gasteiger partial charge on any atom is -0.478 e. The molecule has 76 valence electrons. The first kappa shape index (κ1) is 10.3. The summed E-state index contributed by atoms with van der Waals surface area (Å²) in [6, 6.07) is 0. The van der Waals surface area contributed by atoms with Gasteiger partial charge in [-0.1, -0.05) is 6.58 Å². The molecule has 1 rings (SSSR count). The number of aromatic nitrogens is 2. The molecular formula is C9H12N2O3. The highest BCUT2D eigenvalue weighted by molar-refractivity contribution is 5.85. The van der Waals surface area contributed by atoms with Crippen LogP contribution in [0.3, 0.4) is 0 Å². The van der Waals surface area contributed by atoms with Crippen molar-refractivity contribution in [1.29, 1.82) is 0 Å². The summed E-state index contributed by atoms with van der Waals surface area (Å²) in [6.45, 7) is 5.81. The fraction of sp³-hybridized carbons (Fsp3) is 0.333. The first-order valence-electron chi connectivity index (χ1n) is 4.23. The molecule has 0 aromatic carbocycles. The van der Waals surface area contributed by atoms with E-state index in [-0.39, 0.29) is 17.8 Å². The number of carbonyl (C=O) groups is 1. The van der Waals surface area contributed by atoms with E-state index in [1.54, 1.807) is 12.4 Å². The number of rotatable bonds is 4. The molecule has 0 aliphatic carbocycles. The highest BCUT2D eigenvalue weighted by Crippen LogP contribution is 1.95. The average molecular weight is 196 g/mol. The van der Waals surface area contributed by atoms with Crippen LogP contribution in [0.2, 0.25) is 0 Å². The van der Waals surface area contributed by atoms with Crippen molar-refractivity contribution in [2.75, 3.05) is 0 Å². The molecule has 1 aromatic rings. The average Bonchev–Trinajstić information content (AvgIpc) is 2.47. The van der Waals surface area contributed by atoms with Crippen molar-refractivity contribution >= 4 is 5.97 Å². The second-order valence-corrected chi connectivity index (χ2v) is 2.90. The molecule has 1 heterocycles. The van der Waals surface area contributed by atoms with Crippen LogP contribution in [0.1, 0.15) is 6.92 Å². The molecule has 0 saturated heterocycles. The maximum Gasteiger partial charge on any atom is 0.332 e. The van der Waals surface area contributed by atoms with Crippen LogP contribution in [0.5, 0.6) is 0 Å². The molecule has 0 aliphatic heterocycles. The SMILES string of the molecule is C=C(Cn1ccn(CC)c1=O)C(=O)O. The number of aryl methyl sites for hydroxylation is 1. The standard InChI is InChI=1S/C9H12N2O3/c1-3-10-4-5-11(9(10)14)6-7(2)8(12)13/h4-5H,2-3,6H2,1H3,(H,12,13). The number of imidazole rings is 1. The molecule has 0 unspecified atom stereocenters. The van der Waals surface area contributed by atoms with Gasteiger partial charge in [0.15, 0.2) is 0 Å². The van der Waals surface area contributed by atoms with Gasteiger partial charge in [-0.05, 0) is 6.92 Å². The Morgan fingerprint density at radius 3 is 2.50 bits per heavy atom. The molecule has 5 heteroatoms. The molecular weight excluding hydrogens is 184 g/mol. The van der Waals surface area contributed by atoms with Gasteiger partial charge in [0.25, 0.3) is 0 Å². The van der Waals surface area contributed by atoms with E-state index in [2.05, 4.69) is 6.58 Å². The molecule has 0 atom stereocenters. The van der Waals surface area contributed by atoms with Gasteiger partial charge < -0.3 is 5.11 Å². The van der Waals surface area contributed by atoms with Gasteiger partial charge in [0, 0.05) is 24.5 Å². The van der Waals surface area contributed by atoms with E-state index in [9.17, 15) is 9.59 Å². The molecule has 5 nitrogen and oxygen atoms in total. The summed E-state index contributed by atoms with van der Waals surface area (Å²) in [4.78, 5) is 21.9. The smallest absolute Gasteiger partial charge is 0.332 e. The first-order chi connectivity index (χ1) is 6.56. The van der Waals surface area contributed by atoms with Gasteiger partial charge in [-0.2, -0.15) is 0 Å². The Bertz CT molecular complexity index is 414. The molecule has 0 fully saturated rings. The van der Waals surface area contributed by atoms with Gasteiger partial charge in [0.2, 0.25) is 0 Å². The summed E-state index contributed by atoms with van der Waals surface area (Å²) in [5, 5.41) is 8.58. The summed E-state index contributed by atoms with van der Waals surface area (Å²) < 4.78 is 2.81. The Labute approximate surface area is 80.9 Å². The number of nitrogens with zero attached hydrogens (tertiary/aromatic N) is 2. The predicted molar refractivity (Wildman–Crippen MR) is 51.1 cm³/mol. The van der Waals surface area contributed by atoms with Gasteiger partial charge in [-0.3, -0.25) is 9.13 Å². The van der Waals surface area contributed by atoms with Crippen LogP contribution in [-0.2, 0) is 17.9 Å². The zero-order valence-electron chi connectivity index (χ0n) is 7.93. The van der Waals surface area contributed by atoms with E-state index >= 15 is 0 Å². The van der Waals surface area contributed by atoms with Crippen LogP contribution in [0, 0.1) is 0 Å². The number of carboxylic acids is 1. The maximum atomic E-state index is 11.4. The molecule has 0 bridgehead atoms. The lowest BCUT2D eigenvalue weighted by atomic mass is 10.3.